The van der Waals surface area contributed by atoms with Crippen molar-refractivity contribution in [2.24, 2.45) is 5.73 Å². The molecular weight excluding hydrogens is 270 g/mol. The Balaban J connectivity index is 2.21. The van der Waals surface area contributed by atoms with Gasteiger partial charge in [0, 0.05) is 5.02 Å². The smallest absolute Gasteiger partial charge is 0.312 e. The first kappa shape index (κ1) is 15.1. The lowest BCUT2D eigenvalue weighted by Crippen LogP contribution is -2.47. The summed E-state index contributed by atoms with van der Waals surface area (Å²) in [6.45, 7) is 2.18. The second-order valence-corrected chi connectivity index (χ2v) is 4.26. The van der Waals surface area contributed by atoms with E-state index in [9.17, 15) is 9.59 Å². The molecule has 0 saturated heterocycles. The summed E-state index contributed by atoms with van der Waals surface area (Å²) in [6.07, 6.45) is 0. The van der Waals surface area contributed by atoms with Crippen LogP contribution in [0.4, 0.5) is 4.79 Å². The predicted octanol–water partition coefficient (Wildman–Crippen LogP) is 0.892. The van der Waals surface area contributed by atoms with E-state index in [0.717, 1.165) is 0 Å². The van der Waals surface area contributed by atoms with E-state index in [1.165, 1.54) is 0 Å². The van der Waals surface area contributed by atoms with E-state index >= 15 is 0 Å². The predicted molar refractivity (Wildman–Crippen MR) is 72.1 cm³/mol. The summed E-state index contributed by atoms with van der Waals surface area (Å²) in [4.78, 5) is 22.0. The number of benzene rings is 1. The zero-order chi connectivity index (χ0) is 14.3. The molecule has 3 amide bonds. The summed E-state index contributed by atoms with van der Waals surface area (Å²) in [6, 6.07) is 5.50. The summed E-state index contributed by atoms with van der Waals surface area (Å²) in [5.41, 5.74) is 4.91. The molecule has 0 bridgehead atoms. The van der Waals surface area contributed by atoms with Crippen molar-refractivity contribution in [3.8, 4) is 5.75 Å². The van der Waals surface area contributed by atoms with Crippen LogP contribution in [0.15, 0.2) is 24.3 Å². The molecule has 0 heterocycles. The van der Waals surface area contributed by atoms with E-state index in [4.69, 9.17) is 22.1 Å². The van der Waals surface area contributed by atoms with Crippen LogP contribution in [-0.4, -0.2) is 31.1 Å². The van der Waals surface area contributed by atoms with Crippen LogP contribution in [-0.2, 0) is 4.79 Å². The number of hydrogen-bond donors (Lipinski definition) is 3. The second-order valence-electron chi connectivity index (χ2n) is 3.82. The maximum atomic E-state index is 11.5. The van der Waals surface area contributed by atoms with Gasteiger partial charge >= 0.3 is 6.03 Å². The monoisotopic (exact) mass is 285 g/mol. The number of carbonyl (C=O) groups excluding carboxylic acids is 2. The van der Waals surface area contributed by atoms with Crippen LogP contribution < -0.4 is 21.1 Å². The van der Waals surface area contributed by atoms with E-state index in [0.29, 0.717) is 23.9 Å². The number of amides is 3. The van der Waals surface area contributed by atoms with Crippen LogP contribution in [0.5, 0.6) is 5.75 Å². The van der Waals surface area contributed by atoms with E-state index in [-0.39, 0.29) is 5.91 Å². The van der Waals surface area contributed by atoms with Gasteiger partial charge in [0.2, 0.25) is 5.91 Å². The Morgan fingerprint density at radius 1 is 1.37 bits per heavy atom. The molecule has 104 valence electrons. The lowest BCUT2D eigenvalue weighted by atomic mass is 10.3. The number of halogens is 1. The molecule has 0 aliphatic heterocycles. The maximum absolute atomic E-state index is 11.5. The molecule has 0 saturated carbocycles. The number of nitrogens with one attached hydrogen (secondary N) is 2. The van der Waals surface area contributed by atoms with Gasteiger partial charge in [-0.25, -0.2) is 4.79 Å². The average molecular weight is 286 g/mol. The number of ether oxygens (including phenoxy) is 1. The van der Waals surface area contributed by atoms with Crippen molar-refractivity contribution in [2.45, 2.75) is 13.0 Å². The minimum absolute atomic E-state index is 0.316. The van der Waals surface area contributed by atoms with Gasteiger partial charge in [0.05, 0.1) is 6.54 Å². The summed E-state index contributed by atoms with van der Waals surface area (Å²) < 4.78 is 5.39. The molecule has 0 fully saturated rings. The Bertz CT molecular complexity index is 436. The zero-order valence-corrected chi connectivity index (χ0v) is 11.2. The fourth-order valence-corrected chi connectivity index (χ4v) is 1.43. The minimum Gasteiger partial charge on any atom is -0.492 e. The molecule has 19 heavy (non-hydrogen) atoms. The maximum Gasteiger partial charge on any atom is 0.312 e. The van der Waals surface area contributed by atoms with Gasteiger partial charge < -0.3 is 21.1 Å². The van der Waals surface area contributed by atoms with Gasteiger partial charge in [-0.2, -0.15) is 0 Å². The van der Waals surface area contributed by atoms with Crippen LogP contribution >= 0.6 is 11.6 Å². The van der Waals surface area contributed by atoms with Gasteiger partial charge in [-0.15, -0.1) is 0 Å². The molecule has 1 aromatic rings. The SMILES string of the molecule is CC(NC(N)=O)C(=O)NCCOc1ccc(Cl)cc1. The fourth-order valence-electron chi connectivity index (χ4n) is 1.31. The summed E-state index contributed by atoms with van der Waals surface area (Å²) in [5, 5.41) is 5.52. The van der Waals surface area contributed by atoms with Gasteiger partial charge in [-0.05, 0) is 31.2 Å². The third-order valence-electron chi connectivity index (χ3n) is 2.24. The molecule has 0 aliphatic rings. The van der Waals surface area contributed by atoms with Gasteiger partial charge in [0.1, 0.15) is 18.4 Å². The third-order valence-corrected chi connectivity index (χ3v) is 2.49. The molecule has 7 heteroatoms. The van der Waals surface area contributed by atoms with Gasteiger partial charge in [0.15, 0.2) is 0 Å². The van der Waals surface area contributed by atoms with E-state index < -0.39 is 12.1 Å². The van der Waals surface area contributed by atoms with Crippen LogP contribution in [0.25, 0.3) is 0 Å². The van der Waals surface area contributed by atoms with Crippen LogP contribution in [0.2, 0.25) is 5.02 Å². The Kier molecular flexibility index (Phi) is 5.95. The molecule has 0 aromatic heterocycles. The average Bonchev–Trinajstić information content (AvgIpc) is 2.35. The summed E-state index contributed by atoms with van der Waals surface area (Å²) in [7, 11) is 0. The van der Waals surface area contributed by atoms with Crippen LogP contribution in [0.3, 0.4) is 0 Å². The van der Waals surface area contributed by atoms with Crippen molar-refractivity contribution >= 4 is 23.5 Å². The summed E-state index contributed by atoms with van der Waals surface area (Å²) >= 11 is 5.73. The van der Waals surface area contributed by atoms with Gasteiger partial charge in [0.25, 0.3) is 0 Å². The number of nitrogens with two attached hydrogens (primary N) is 1. The molecule has 0 radical (unpaired) electrons. The van der Waals surface area contributed by atoms with E-state index in [1.54, 1.807) is 31.2 Å². The van der Waals surface area contributed by atoms with Crippen molar-refractivity contribution in [2.75, 3.05) is 13.2 Å². The molecule has 6 nitrogen and oxygen atoms in total. The lowest BCUT2D eigenvalue weighted by Gasteiger charge is -2.12. The summed E-state index contributed by atoms with van der Waals surface area (Å²) in [5.74, 6) is 0.348. The van der Waals surface area contributed by atoms with E-state index in [2.05, 4.69) is 10.6 Å². The first-order chi connectivity index (χ1) is 8.99. The zero-order valence-electron chi connectivity index (χ0n) is 10.5. The number of rotatable bonds is 6. The third kappa shape index (κ3) is 5.96. The largest absolute Gasteiger partial charge is 0.492 e. The number of hydrogen-bond acceptors (Lipinski definition) is 3. The first-order valence-electron chi connectivity index (χ1n) is 5.71. The standard InChI is InChI=1S/C12H16ClN3O3/c1-8(16-12(14)18)11(17)15-6-7-19-10-4-2-9(13)3-5-10/h2-5,8H,6-7H2,1H3,(H,15,17)(H3,14,16,18). The molecule has 1 atom stereocenters. The number of carbonyl (C=O) groups is 2. The van der Waals surface area contributed by atoms with Crippen molar-refractivity contribution < 1.29 is 14.3 Å². The van der Waals surface area contributed by atoms with Crippen molar-refractivity contribution in [1.82, 2.24) is 10.6 Å². The number of primary amides is 1. The quantitative estimate of drug-likeness (QED) is 0.678. The molecular formula is C12H16ClN3O3. The van der Waals surface area contributed by atoms with Crippen molar-refractivity contribution in [1.29, 1.82) is 0 Å². The van der Waals surface area contributed by atoms with Crippen LogP contribution in [0.1, 0.15) is 6.92 Å². The normalized spacial score (nSPS) is 11.5. The molecule has 1 rings (SSSR count). The second kappa shape index (κ2) is 7.48. The highest BCUT2D eigenvalue weighted by Crippen LogP contribution is 2.14. The molecule has 0 spiro atoms. The Labute approximate surface area is 116 Å². The Hall–Kier alpha value is -1.95. The Morgan fingerprint density at radius 2 is 2.00 bits per heavy atom. The fraction of sp³-hybridized carbons (Fsp3) is 0.333. The molecule has 1 unspecified atom stereocenters. The van der Waals surface area contributed by atoms with Crippen LogP contribution in [0, 0.1) is 0 Å². The lowest BCUT2D eigenvalue weighted by molar-refractivity contribution is -0.122. The molecule has 4 N–H and O–H groups in total. The molecule has 0 aliphatic carbocycles. The number of urea groups is 1. The topological polar surface area (TPSA) is 93.5 Å². The molecule has 1 aromatic carbocycles. The van der Waals surface area contributed by atoms with Crippen molar-refractivity contribution in [3.05, 3.63) is 29.3 Å². The van der Waals surface area contributed by atoms with Gasteiger partial charge in [-0.3, -0.25) is 4.79 Å². The highest BCUT2D eigenvalue weighted by Gasteiger charge is 2.12. The van der Waals surface area contributed by atoms with Gasteiger partial charge in [-0.1, -0.05) is 11.6 Å². The van der Waals surface area contributed by atoms with Crippen molar-refractivity contribution in [3.63, 3.8) is 0 Å². The Morgan fingerprint density at radius 3 is 2.58 bits per heavy atom. The highest BCUT2D eigenvalue weighted by molar-refractivity contribution is 6.30. The first-order valence-corrected chi connectivity index (χ1v) is 6.09. The minimum atomic E-state index is -0.736. The van der Waals surface area contributed by atoms with E-state index in [1.807, 2.05) is 0 Å². The highest BCUT2D eigenvalue weighted by atomic mass is 35.5.